The van der Waals surface area contributed by atoms with Crippen molar-refractivity contribution in [1.82, 2.24) is 0 Å². The van der Waals surface area contributed by atoms with E-state index in [1.807, 2.05) is 0 Å². The Balaban J connectivity index is 2.08. The molecule has 2 aromatic carbocycles. The molecule has 2 rings (SSSR count). The standard InChI is InChI=1S/C19H20N2O5/c1-13(22)21(16-8-4-14(5-9-16)19(24)26-3)12-18(23)20-15-6-10-17(25-2)11-7-15/h4-11H,12H2,1-3H3,(H,20,23). The van der Waals surface area contributed by atoms with Gasteiger partial charge >= 0.3 is 5.97 Å². The van der Waals surface area contributed by atoms with Crippen LogP contribution in [-0.2, 0) is 14.3 Å². The zero-order valence-electron chi connectivity index (χ0n) is 14.8. The number of methoxy groups -OCH3 is 2. The van der Waals surface area contributed by atoms with Gasteiger partial charge in [-0.2, -0.15) is 0 Å². The van der Waals surface area contributed by atoms with Crippen molar-refractivity contribution in [2.75, 3.05) is 31.0 Å². The molecule has 0 unspecified atom stereocenters. The highest BCUT2D eigenvalue weighted by Gasteiger charge is 2.17. The Kier molecular flexibility index (Phi) is 6.32. The van der Waals surface area contributed by atoms with Crippen LogP contribution in [0.4, 0.5) is 11.4 Å². The first-order chi connectivity index (χ1) is 12.4. The van der Waals surface area contributed by atoms with Gasteiger partial charge in [0.1, 0.15) is 12.3 Å². The number of benzene rings is 2. The summed E-state index contributed by atoms with van der Waals surface area (Å²) in [6.07, 6.45) is 0. The summed E-state index contributed by atoms with van der Waals surface area (Å²) in [4.78, 5) is 37.0. The number of hydrogen-bond donors (Lipinski definition) is 1. The molecule has 0 saturated carbocycles. The number of anilines is 2. The number of carbonyl (C=O) groups excluding carboxylic acids is 3. The molecular weight excluding hydrogens is 336 g/mol. The van der Waals surface area contributed by atoms with Crippen molar-refractivity contribution in [3.05, 3.63) is 54.1 Å². The molecule has 0 aliphatic rings. The van der Waals surface area contributed by atoms with Crippen molar-refractivity contribution in [1.29, 1.82) is 0 Å². The van der Waals surface area contributed by atoms with E-state index in [2.05, 4.69) is 10.1 Å². The number of rotatable bonds is 6. The Bertz CT molecular complexity index is 785. The normalized spacial score (nSPS) is 9.96. The smallest absolute Gasteiger partial charge is 0.337 e. The van der Waals surface area contributed by atoms with E-state index in [0.717, 1.165) is 0 Å². The molecule has 136 valence electrons. The molecule has 0 aromatic heterocycles. The van der Waals surface area contributed by atoms with Gasteiger partial charge in [-0.25, -0.2) is 4.79 Å². The second-order valence-electron chi connectivity index (χ2n) is 5.42. The van der Waals surface area contributed by atoms with Crippen LogP contribution in [-0.4, -0.2) is 38.5 Å². The third kappa shape index (κ3) is 4.83. The monoisotopic (exact) mass is 356 g/mol. The van der Waals surface area contributed by atoms with Gasteiger partial charge < -0.3 is 19.7 Å². The topological polar surface area (TPSA) is 84.9 Å². The van der Waals surface area contributed by atoms with E-state index >= 15 is 0 Å². The van der Waals surface area contributed by atoms with Gasteiger partial charge in [0.15, 0.2) is 0 Å². The number of carbonyl (C=O) groups is 3. The summed E-state index contributed by atoms with van der Waals surface area (Å²) in [6, 6.07) is 13.1. The van der Waals surface area contributed by atoms with Crippen molar-refractivity contribution in [2.24, 2.45) is 0 Å². The molecule has 0 atom stereocenters. The minimum Gasteiger partial charge on any atom is -0.497 e. The van der Waals surface area contributed by atoms with E-state index in [4.69, 9.17) is 4.74 Å². The molecule has 0 saturated heterocycles. The highest BCUT2D eigenvalue weighted by molar-refractivity contribution is 6.02. The van der Waals surface area contributed by atoms with Crippen molar-refractivity contribution < 1.29 is 23.9 Å². The summed E-state index contributed by atoms with van der Waals surface area (Å²) in [5.74, 6) is -0.426. The van der Waals surface area contributed by atoms with Crippen molar-refractivity contribution in [3.63, 3.8) is 0 Å². The van der Waals surface area contributed by atoms with Crippen molar-refractivity contribution in [2.45, 2.75) is 6.92 Å². The molecule has 2 amide bonds. The van der Waals surface area contributed by atoms with E-state index in [9.17, 15) is 14.4 Å². The van der Waals surface area contributed by atoms with Crippen LogP contribution in [0, 0.1) is 0 Å². The van der Waals surface area contributed by atoms with E-state index in [0.29, 0.717) is 22.7 Å². The van der Waals surface area contributed by atoms with Crippen LogP contribution in [0.1, 0.15) is 17.3 Å². The summed E-state index contributed by atoms with van der Waals surface area (Å²) in [6.45, 7) is 1.22. The molecule has 7 nitrogen and oxygen atoms in total. The lowest BCUT2D eigenvalue weighted by atomic mass is 10.2. The quantitative estimate of drug-likeness (QED) is 0.804. The van der Waals surface area contributed by atoms with Crippen molar-refractivity contribution in [3.8, 4) is 5.75 Å². The number of esters is 1. The lowest BCUT2D eigenvalue weighted by Gasteiger charge is -2.21. The Hall–Kier alpha value is -3.35. The van der Waals surface area contributed by atoms with Crippen LogP contribution in [0.2, 0.25) is 0 Å². The van der Waals surface area contributed by atoms with Crippen LogP contribution < -0.4 is 15.0 Å². The lowest BCUT2D eigenvalue weighted by molar-refractivity contribution is -0.120. The minimum absolute atomic E-state index is 0.154. The molecule has 1 N–H and O–H groups in total. The average molecular weight is 356 g/mol. The Morgan fingerprint density at radius 1 is 0.962 bits per heavy atom. The number of ether oxygens (including phenoxy) is 2. The molecule has 0 spiro atoms. The van der Waals surface area contributed by atoms with Crippen LogP contribution >= 0.6 is 0 Å². The van der Waals surface area contributed by atoms with E-state index in [1.165, 1.54) is 18.9 Å². The SMILES string of the molecule is COC(=O)c1ccc(N(CC(=O)Nc2ccc(OC)cc2)C(C)=O)cc1. The molecule has 0 heterocycles. The first-order valence-electron chi connectivity index (χ1n) is 7.85. The van der Waals surface area contributed by atoms with Gasteiger partial charge in [-0.3, -0.25) is 9.59 Å². The van der Waals surface area contributed by atoms with Gasteiger partial charge in [-0.1, -0.05) is 0 Å². The van der Waals surface area contributed by atoms with Gasteiger partial charge in [0, 0.05) is 18.3 Å². The highest BCUT2D eigenvalue weighted by atomic mass is 16.5. The van der Waals surface area contributed by atoms with Crippen LogP contribution in [0.3, 0.4) is 0 Å². The molecule has 26 heavy (non-hydrogen) atoms. The molecule has 0 bridgehead atoms. The van der Waals surface area contributed by atoms with E-state index in [-0.39, 0.29) is 18.4 Å². The predicted octanol–water partition coefficient (Wildman–Crippen LogP) is 2.47. The van der Waals surface area contributed by atoms with Crippen LogP contribution in [0.5, 0.6) is 5.75 Å². The van der Waals surface area contributed by atoms with Gasteiger partial charge in [-0.15, -0.1) is 0 Å². The summed E-state index contributed by atoms with van der Waals surface area (Å²) >= 11 is 0. The second kappa shape index (κ2) is 8.66. The zero-order valence-corrected chi connectivity index (χ0v) is 14.8. The van der Waals surface area contributed by atoms with E-state index in [1.54, 1.807) is 55.6 Å². The second-order valence-corrected chi connectivity index (χ2v) is 5.42. The fraction of sp³-hybridized carbons (Fsp3) is 0.211. The maximum atomic E-state index is 12.3. The number of amides is 2. The van der Waals surface area contributed by atoms with Crippen LogP contribution in [0.15, 0.2) is 48.5 Å². The third-order valence-corrected chi connectivity index (χ3v) is 3.66. The summed E-state index contributed by atoms with van der Waals surface area (Å²) in [7, 11) is 2.85. The lowest BCUT2D eigenvalue weighted by Crippen LogP contribution is -2.36. The number of nitrogens with one attached hydrogen (secondary N) is 1. The van der Waals surface area contributed by atoms with Gasteiger partial charge in [0.25, 0.3) is 0 Å². The minimum atomic E-state index is -0.469. The van der Waals surface area contributed by atoms with Crippen LogP contribution in [0.25, 0.3) is 0 Å². The van der Waals surface area contributed by atoms with Crippen molar-refractivity contribution >= 4 is 29.2 Å². The Morgan fingerprint density at radius 3 is 2.08 bits per heavy atom. The molecule has 0 aliphatic heterocycles. The largest absolute Gasteiger partial charge is 0.497 e. The fourth-order valence-electron chi connectivity index (χ4n) is 2.30. The van der Waals surface area contributed by atoms with Gasteiger partial charge in [0.2, 0.25) is 11.8 Å². The zero-order chi connectivity index (χ0) is 19.1. The Morgan fingerprint density at radius 2 is 1.58 bits per heavy atom. The first-order valence-corrected chi connectivity index (χ1v) is 7.85. The maximum Gasteiger partial charge on any atom is 0.337 e. The van der Waals surface area contributed by atoms with E-state index < -0.39 is 5.97 Å². The molecule has 0 radical (unpaired) electrons. The third-order valence-electron chi connectivity index (χ3n) is 3.66. The number of nitrogens with zero attached hydrogens (tertiary/aromatic N) is 1. The molecule has 0 aliphatic carbocycles. The molecular formula is C19H20N2O5. The maximum absolute atomic E-state index is 12.3. The number of hydrogen-bond acceptors (Lipinski definition) is 5. The fourth-order valence-corrected chi connectivity index (χ4v) is 2.30. The highest BCUT2D eigenvalue weighted by Crippen LogP contribution is 2.18. The van der Waals surface area contributed by atoms with Gasteiger partial charge in [-0.05, 0) is 48.5 Å². The predicted molar refractivity (Wildman–Crippen MR) is 97.4 cm³/mol. The average Bonchev–Trinajstić information content (AvgIpc) is 2.66. The summed E-state index contributed by atoms with van der Waals surface area (Å²) < 4.78 is 9.70. The molecule has 7 heteroatoms. The molecule has 0 fully saturated rings. The summed E-state index contributed by atoms with van der Waals surface area (Å²) in [5, 5.41) is 2.72. The first kappa shape index (κ1) is 19.0. The van der Waals surface area contributed by atoms with Gasteiger partial charge in [0.05, 0.1) is 19.8 Å². The molecule has 2 aromatic rings. The Labute approximate surface area is 151 Å². The summed E-state index contributed by atoms with van der Waals surface area (Å²) in [5.41, 5.74) is 1.47.